The van der Waals surface area contributed by atoms with Crippen LogP contribution in [0, 0.1) is 30.3 Å². The van der Waals surface area contributed by atoms with Crippen molar-refractivity contribution < 1.29 is 98.5 Å². The van der Waals surface area contributed by atoms with Gasteiger partial charge in [0.05, 0.1) is 74.6 Å². The first-order valence-electron chi connectivity index (χ1n) is 21.3. The lowest BCUT2D eigenvalue weighted by atomic mass is 10.1. The van der Waals surface area contributed by atoms with Crippen molar-refractivity contribution in [3.63, 3.8) is 0 Å². The van der Waals surface area contributed by atoms with Crippen molar-refractivity contribution >= 4 is 90.2 Å². The van der Waals surface area contributed by atoms with E-state index in [1.165, 1.54) is 0 Å². The number of hydrogen-bond donors (Lipinski definition) is 2. The summed E-state index contributed by atoms with van der Waals surface area (Å²) in [5, 5.41) is 47.2. The van der Waals surface area contributed by atoms with Gasteiger partial charge in [0.25, 0.3) is 61.5 Å². The highest BCUT2D eigenvalue weighted by Gasteiger charge is 2.40. The van der Waals surface area contributed by atoms with Gasteiger partial charge in [-0.05, 0) is 60.7 Å². The monoisotopic (exact) mass is 1270 g/mol. The van der Waals surface area contributed by atoms with Crippen LogP contribution in [0.2, 0.25) is 0 Å². The third-order valence-corrected chi connectivity index (χ3v) is 15.0. The molecule has 0 radical (unpaired) electrons. The summed E-state index contributed by atoms with van der Waals surface area (Å²) in [5.74, 6) is 0. The predicted octanol–water partition coefficient (Wildman–Crippen LogP) is 1.81. The zero-order valence-corrected chi connectivity index (χ0v) is 42.6. The van der Waals surface area contributed by atoms with Crippen molar-refractivity contribution in [3.05, 3.63) is 209 Å². The number of sulfone groups is 1. The second-order valence-electron chi connectivity index (χ2n) is 16.7. The molecule has 0 aliphatic rings. The maximum absolute atomic E-state index is 13.0. The van der Waals surface area contributed by atoms with Crippen molar-refractivity contribution in [3.8, 4) is 0 Å². The van der Waals surface area contributed by atoms with E-state index in [2.05, 4.69) is 8.57 Å². The van der Waals surface area contributed by atoms with Gasteiger partial charge in [0.15, 0.2) is 19.6 Å². The van der Waals surface area contributed by atoms with Crippen LogP contribution in [0.15, 0.2) is 132 Å². The van der Waals surface area contributed by atoms with Crippen molar-refractivity contribution in [1.29, 1.82) is 0 Å². The molecule has 0 fully saturated rings. The molecule has 85 heavy (non-hydrogen) atoms. The molecule has 2 N–H and O–H groups in total. The fraction of sp³-hybridized carbons (Fsp3) is 0.0952. The molecule has 9 aromatic rings. The van der Waals surface area contributed by atoms with E-state index < -0.39 is 187 Å². The van der Waals surface area contributed by atoms with E-state index >= 15 is 0 Å². The zero-order chi connectivity index (χ0) is 64.1. The Bertz CT molecular complexity index is 4830. The average Bonchev–Trinajstić information content (AvgIpc) is 2.66. The lowest BCUT2D eigenvalue weighted by molar-refractivity contribution is -0.388. The van der Waals surface area contributed by atoms with Crippen molar-refractivity contribution in [1.82, 2.24) is 18.9 Å². The van der Waals surface area contributed by atoms with Gasteiger partial charge in [0, 0.05) is 24.5 Å². The summed E-state index contributed by atoms with van der Waals surface area (Å²) in [6.45, 7) is 0. The smallest absolute Gasteiger partial charge is 0.416 e. The van der Waals surface area contributed by atoms with E-state index in [0.717, 1.165) is 12.1 Å². The van der Waals surface area contributed by atoms with E-state index in [4.69, 9.17) is 10.4 Å². The van der Waals surface area contributed by atoms with E-state index in [0.29, 0.717) is 30.5 Å². The first-order chi connectivity index (χ1) is 38.8. The number of fused-ring (bicyclic) bond motifs is 4. The summed E-state index contributed by atoms with van der Waals surface area (Å²) in [7, 11) is -15.2. The Labute approximate surface area is 454 Å². The molecule has 0 spiro atoms. The summed E-state index contributed by atoms with van der Waals surface area (Å²) in [6.07, 6.45) is -14.4. The second kappa shape index (κ2) is 20.6. The van der Waals surface area contributed by atoms with Gasteiger partial charge in [-0.2, -0.15) is 56.3 Å². The van der Waals surface area contributed by atoms with Crippen LogP contribution in [-0.4, -0.2) is 75.6 Å². The van der Waals surface area contributed by atoms with Crippen molar-refractivity contribution in [2.24, 2.45) is 0 Å². The molecule has 43 heteroatoms. The number of nitrogens with zero attached hydrogens (tertiary/aromatic N) is 7. The maximum Gasteiger partial charge on any atom is 0.416 e. The molecule has 9 rings (SSSR count). The summed E-state index contributed by atoms with van der Waals surface area (Å²) in [6, 6.07) is 4.36. The van der Waals surface area contributed by atoms with Crippen LogP contribution in [0.5, 0.6) is 0 Å². The fourth-order valence-corrected chi connectivity index (χ4v) is 10.4. The average molecular weight is 1270 g/mol. The predicted molar refractivity (Wildman–Crippen MR) is 259 cm³/mol. The molecule has 0 unspecified atom stereocenters. The Morgan fingerprint density at radius 3 is 0.812 bits per heavy atom. The van der Waals surface area contributed by atoms with Gasteiger partial charge in [0.2, 0.25) is 0 Å². The highest BCUT2D eigenvalue weighted by atomic mass is 32.2. The number of rotatable bonds is 10. The van der Waals surface area contributed by atoms with E-state index in [1.807, 2.05) is 0 Å². The molecule has 0 aliphatic heterocycles. The number of nitro benzene ring substituents is 3. The summed E-state index contributed by atoms with van der Waals surface area (Å²) in [5.41, 5.74) is -19.7. The number of halogens is 9. The summed E-state index contributed by atoms with van der Waals surface area (Å²) >= 11 is 0. The molecular formula is C42H18F9N7O24S3. The molecule has 0 aliphatic carbocycles. The molecule has 0 atom stereocenters. The lowest BCUT2D eigenvalue weighted by Gasteiger charge is -2.09. The Morgan fingerprint density at radius 2 is 0.600 bits per heavy atom. The Balaban J connectivity index is 0.000000238. The first-order valence-corrected chi connectivity index (χ1v) is 26.0. The van der Waals surface area contributed by atoms with Gasteiger partial charge in [-0.1, -0.05) is 9.46 Å². The summed E-state index contributed by atoms with van der Waals surface area (Å²) < 4.78 is 196. The topological polar surface area (TPSA) is 447 Å². The quantitative estimate of drug-likeness (QED) is 0.0853. The Kier molecular flexibility index (Phi) is 15.0. The van der Waals surface area contributed by atoms with Gasteiger partial charge in [-0.25, -0.2) is 8.42 Å². The van der Waals surface area contributed by atoms with Gasteiger partial charge in [-0.15, -0.1) is 9.46 Å². The Morgan fingerprint density at radius 1 is 0.388 bits per heavy atom. The van der Waals surface area contributed by atoms with Crippen molar-refractivity contribution in [2.75, 3.05) is 6.26 Å². The van der Waals surface area contributed by atoms with Crippen LogP contribution in [0.1, 0.15) is 16.7 Å². The largest absolute Gasteiger partial charge is 0.422 e. The minimum Gasteiger partial charge on any atom is -0.422 e. The standard InChI is InChI=1S/C24H8F6N4O14S2.C10H4N2O6.C8H6F3NO4S/c25-23(26,27)9-1-3-17(15(5-9)33(39)40)49(43,44)47-31-19(35)11-7-13-14(8-12(11)20(31)36)22(38)32(21(13)37)48-50(45,46)18-4-2-10(24(28,29)30)6-16(18)34(41)42;13-7-3-1-4-6(10(16)12(18)8(4)14)2-5(3)9(15)11(7)17;1-17(15,16)7-3-2-5(8(9,10)11)4-6(7)12(13)14/h1-8H;1-2,17-18H;2-4H,1H3. The SMILES string of the molecule is CS(=O)(=O)c1ccc(C(F)(F)F)cc1[N+](=O)[O-].O=c1c2cc3c(=O)n(O)c(=O)c3cc2c(=O)n1O.O=c1c2cc3c(=O)n(OS(=O)(=O)c4ccc(C(F)(F)F)cc4[N+](=O)[O-])c(=O)c3cc2c(=O)n1OS(=O)(=O)c1ccc(C(F)(F)F)cc1[N+](=O)[O-]. The van der Waals surface area contributed by atoms with Crippen LogP contribution in [-0.2, 0) is 48.6 Å². The Hall–Kier alpha value is -10.7. The van der Waals surface area contributed by atoms with Crippen LogP contribution in [0.4, 0.5) is 56.6 Å². The second-order valence-corrected chi connectivity index (χ2v) is 21.7. The molecule has 0 amide bonds. The number of hydrogen-bond acceptors (Lipinski definition) is 24. The van der Waals surface area contributed by atoms with Gasteiger partial charge < -0.3 is 10.4 Å². The molecule has 5 aromatic carbocycles. The van der Waals surface area contributed by atoms with E-state index in [-0.39, 0.29) is 73.5 Å². The number of benzene rings is 5. The summed E-state index contributed by atoms with van der Waals surface area (Å²) in [4.78, 5) is 123. The van der Waals surface area contributed by atoms with E-state index in [9.17, 15) is 133 Å². The molecule has 31 nitrogen and oxygen atoms in total. The highest BCUT2D eigenvalue weighted by molar-refractivity contribution is 7.90. The number of alkyl halides is 9. The zero-order valence-electron chi connectivity index (χ0n) is 40.1. The normalized spacial score (nSPS) is 12.4. The third kappa shape index (κ3) is 11.2. The molecule has 0 bridgehead atoms. The van der Waals surface area contributed by atoms with Crippen LogP contribution in [0.25, 0.3) is 43.1 Å². The number of aromatic nitrogens is 4. The fourth-order valence-electron chi connectivity index (χ4n) is 7.54. The first kappa shape index (κ1) is 61.9. The molecule has 0 saturated heterocycles. The molecule has 4 aromatic heterocycles. The minimum absolute atomic E-state index is 0.0918. The molecule has 4 heterocycles. The molecular weight excluding hydrogens is 1250 g/mol. The van der Waals surface area contributed by atoms with Crippen LogP contribution in [0.3, 0.4) is 0 Å². The molecule has 0 saturated carbocycles. The highest BCUT2D eigenvalue weighted by Crippen LogP contribution is 2.37. The van der Waals surface area contributed by atoms with Crippen LogP contribution < -0.4 is 53.0 Å². The minimum atomic E-state index is -5.64. The number of nitro groups is 3. The maximum atomic E-state index is 13.0. The molecule has 446 valence electrons. The van der Waals surface area contributed by atoms with Gasteiger partial charge in [-0.3, -0.25) is 77.3 Å². The lowest BCUT2D eigenvalue weighted by Crippen LogP contribution is -2.36. The van der Waals surface area contributed by atoms with Gasteiger partial charge >= 0.3 is 38.8 Å². The van der Waals surface area contributed by atoms with Gasteiger partial charge in [0.1, 0.15) is 4.90 Å². The van der Waals surface area contributed by atoms with Crippen LogP contribution >= 0.6 is 0 Å². The van der Waals surface area contributed by atoms with Crippen molar-refractivity contribution in [2.45, 2.75) is 33.2 Å². The van der Waals surface area contributed by atoms with E-state index in [1.54, 1.807) is 0 Å². The third-order valence-electron chi connectivity index (χ3n) is 11.4.